The first-order valence-electron chi connectivity index (χ1n) is 29.1. The minimum atomic E-state index is -3.88. The molecular weight excluding hydrogens is 1310 g/mol. The molecule has 6 fully saturated rings. The van der Waals surface area contributed by atoms with Crippen molar-refractivity contribution in [1.29, 1.82) is 0 Å². The number of nitrogens with two attached hydrogens (primary N) is 1. The Hall–Kier alpha value is -5.52. The van der Waals surface area contributed by atoms with Gasteiger partial charge in [0.05, 0.1) is 71.5 Å². The van der Waals surface area contributed by atoms with E-state index in [2.05, 4.69) is 30.0 Å². The van der Waals surface area contributed by atoms with E-state index in [0.29, 0.717) is 85.3 Å². The fraction of sp³-hybridized carbons (Fsp3) is 0.433. The van der Waals surface area contributed by atoms with Crippen molar-refractivity contribution in [2.75, 3.05) is 38.0 Å². The van der Waals surface area contributed by atoms with E-state index in [-0.39, 0.29) is 29.9 Å². The second-order valence-electron chi connectivity index (χ2n) is 23.6. The normalized spacial score (nSPS) is 21.6. The fourth-order valence-corrected chi connectivity index (χ4v) is 16.2. The number of benzene rings is 4. The number of amides is 1. The third-order valence-electron chi connectivity index (χ3n) is 17.2. The van der Waals surface area contributed by atoms with E-state index in [4.69, 9.17) is 74.9 Å². The predicted octanol–water partition coefficient (Wildman–Crippen LogP) is 12.7. The number of nitrogens with zero attached hydrogens (tertiary/aromatic N) is 8. The van der Waals surface area contributed by atoms with E-state index in [1.165, 1.54) is 39.5 Å². The van der Waals surface area contributed by atoms with Gasteiger partial charge in [0.1, 0.15) is 22.9 Å². The average Bonchev–Trinajstić information content (AvgIpc) is 2.48. The summed E-state index contributed by atoms with van der Waals surface area (Å²) in [7, 11) is -1.82. The van der Waals surface area contributed by atoms with E-state index >= 15 is 0 Å². The first-order valence-corrected chi connectivity index (χ1v) is 35.2. The van der Waals surface area contributed by atoms with Gasteiger partial charge in [-0.1, -0.05) is 91.5 Å². The van der Waals surface area contributed by atoms with Crippen LogP contribution in [-0.4, -0.2) is 127 Å². The summed E-state index contributed by atoms with van der Waals surface area (Å²) in [5.41, 5.74) is 6.78. The quantitative estimate of drug-likeness (QED) is 0.0764. The molecule has 4 aliphatic heterocycles. The molecule has 4 saturated heterocycles. The van der Waals surface area contributed by atoms with Crippen LogP contribution in [0.15, 0.2) is 81.8 Å². The van der Waals surface area contributed by atoms with Gasteiger partial charge in [-0.3, -0.25) is 4.79 Å². The Kier molecular flexibility index (Phi) is 18.5. The fourth-order valence-electron chi connectivity index (χ4n) is 12.2. The summed E-state index contributed by atoms with van der Waals surface area (Å²) < 4.78 is 74.8. The molecular formula is C60H64Cl4N10O11S4. The molecule has 472 valence electrons. The Morgan fingerprint density at radius 1 is 0.618 bits per heavy atom. The van der Waals surface area contributed by atoms with Crippen LogP contribution in [-0.2, 0) is 43.1 Å². The van der Waals surface area contributed by atoms with Gasteiger partial charge in [0.2, 0.25) is 0 Å². The van der Waals surface area contributed by atoms with Crippen LogP contribution in [0.5, 0.6) is 0 Å². The van der Waals surface area contributed by atoms with Crippen molar-refractivity contribution in [1.82, 2.24) is 33.6 Å². The molecule has 4 aromatic carbocycles. The number of carboxylic acids is 1. The lowest BCUT2D eigenvalue weighted by atomic mass is 10.00. The summed E-state index contributed by atoms with van der Waals surface area (Å²) in [6.45, 7) is 0.793. The molecule has 0 spiro atoms. The number of carbonyl (C=O) groups is 2. The first kappa shape index (κ1) is 63.6. The number of hydrogen-bond donors (Lipinski definition) is 3. The summed E-state index contributed by atoms with van der Waals surface area (Å²) >= 11 is 29.2. The standard InChI is InChI=1S/C30H31Cl2N5O5S2.C28H25Cl2N3O4S.C2H8N2O2S/c1-36(2)44(39,40)35-29(38)17-8-11-24-25(12-17)43-30(33-24)37-18-9-10-19(37)14-20(13-18)41-15-21-27(34-42-28(21)16-6-7-16)26-22(31)4-3-5-23(26)32;29-20-2-1-3-21(30)24(20)25-19(26(37-32-25)14-4-5-14)13-36-18-11-16-7-8-17(12-18)33(16)28-31-22-9-6-15(27(34)35)10-23(22)38-28;1-4(2)7(3,5)6/h3-5,8,11-12,16,18-20H,6-7,9-10,13-15H2,1-2H3,(H,35,38);1-3,6,9-10,14,16-18H,4-5,7-8,11-13H2,(H,34,35);1-2H3,(H2,3,5,6)/t18-,19?,20?;16-,17?,18?;/m00./s1. The Labute approximate surface area is 542 Å². The molecule has 4 bridgehead atoms. The van der Waals surface area contributed by atoms with Crippen LogP contribution < -0.4 is 19.7 Å². The molecule has 4 N–H and O–H groups in total. The zero-order valence-electron chi connectivity index (χ0n) is 48.8. The van der Waals surface area contributed by atoms with Crippen molar-refractivity contribution in [3.63, 3.8) is 0 Å². The summed E-state index contributed by atoms with van der Waals surface area (Å²) in [5, 5.41) is 26.7. The molecule has 1 amide bonds. The highest BCUT2D eigenvalue weighted by atomic mass is 35.5. The van der Waals surface area contributed by atoms with Crippen molar-refractivity contribution in [2.24, 2.45) is 5.14 Å². The second kappa shape index (κ2) is 25.9. The number of fused-ring (bicyclic) bond motifs is 6. The highest BCUT2D eigenvalue weighted by Gasteiger charge is 2.45. The molecule has 6 aliphatic rings. The van der Waals surface area contributed by atoms with E-state index in [0.717, 1.165) is 139 Å². The van der Waals surface area contributed by atoms with Gasteiger partial charge in [-0.25, -0.2) is 24.6 Å². The maximum absolute atomic E-state index is 12.6. The number of thiazole rings is 2. The second-order valence-corrected chi connectivity index (χ2v) is 30.9. The van der Waals surface area contributed by atoms with Crippen LogP contribution in [0.3, 0.4) is 0 Å². The van der Waals surface area contributed by atoms with Gasteiger partial charge in [-0.05, 0) is 138 Å². The third-order valence-corrected chi connectivity index (χ3v) is 22.9. The Balaban J connectivity index is 0.000000157. The van der Waals surface area contributed by atoms with E-state index in [1.54, 1.807) is 59.9 Å². The van der Waals surface area contributed by atoms with Crippen molar-refractivity contribution < 1.29 is 50.1 Å². The first-order chi connectivity index (χ1) is 42.5. The van der Waals surface area contributed by atoms with Crippen LogP contribution in [0.1, 0.15) is 132 Å². The molecule has 14 rings (SSSR count). The van der Waals surface area contributed by atoms with Crippen LogP contribution in [0.4, 0.5) is 10.3 Å². The van der Waals surface area contributed by atoms with Crippen LogP contribution in [0.25, 0.3) is 42.9 Å². The molecule has 89 heavy (non-hydrogen) atoms. The van der Waals surface area contributed by atoms with Gasteiger partial charge in [0.25, 0.3) is 16.1 Å². The molecule has 6 atom stereocenters. The van der Waals surface area contributed by atoms with Crippen LogP contribution in [0.2, 0.25) is 20.1 Å². The van der Waals surface area contributed by atoms with E-state index < -0.39 is 32.3 Å². The van der Waals surface area contributed by atoms with Gasteiger partial charge < -0.3 is 33.4 Å². The highest BCUT2D eigenvalue weighted by Crippen LogP contribution is 2.50. The smallest absolute Gasteiger partial charge is 0.335 e. The van der Waals surface area contributed by atoms with Gasteiger partial charge in [0, 0.05) is 92.0 Å². The number of hydrogen-bond acceptors (Lipinski definition) is 18. The van der Waals surface area contributed by atoms with Crippen molar-refractivity contribution in [3.8, 4) is 22.5 Å². The maximum atomic E-state index is 12.6. The van der Waals surface area contributed by atoms with Gasteiger partial charge >= 0.3 is 16.2 Å². The average molecular weight is 1370 g/mol. The molecule has 4 unspecified atom stereocenters. The topological polar surface area (TPSA) is 270 Å². The summed E-state index contributed by atoms with van der Waals surface area (Å²) in [5.74, 6) is 0.917. The molecule has 2 aliphatic carbocycles. The summed E-state index contributed by atoms with van der Waals surface area (Å²) in [6, 6.07) is 22.4. The number of nitrogens with one attached hydrogen (secondary N) is 1. The number of aromatic nitrogens is 4. The minimum Gasteiger partial charge on any atom is -0.478 e. The number of piperidine rings is 2. The van der Waals surface area contributed by atoms with Crippen molar-refractivity contribution >= 4 is 132 Å². The monoisotopic (exact) mass is 1370 g/mol. The zero-order chi connectivity index (χ0) is 62.8. The molecule has 29 heteroatoms. The Morgan fingerprint density at radius 2 is 1.00 bits per heavy atom. The van der Waals surface area contributed by atoms with E-state index in [1.807, 2.05) is 24.3 Å². The van der Waals surface area contributed by atoms with Crippen LogP contribution >= 0.6 is 69.1 Å². The third kappa shape index (κ3) is 13.7. The van der Waals surface area contributed by atoms with Crippen molar-refractivity contribution in [2.45, 2.75) is 138 Å². The predicted molar refractivity (Wildman–Crippen MR) is 345 cm³/mol. The highest BCUT2D eigenvalue weighted by molar-refractivity contribution is 7.87. The zero-order valence-corrected chi connectivity index (χ0v) is 55.1. The minimum absolute atomic E-state index is 0.0728. The van der Waals surface area contributed by atoms with Gasteiger partial charge in [0.15, 0.2) is 10.3 Å². The van der Waals surface area contributed by atoms with E-state index in [9.17, 15) is 31.5 Å². The van der Waals surface area contributed by atoms with Gasteiger partial charge in [-0.15, -0.1) is 0 Å². The molecule has 8 heterocycles. The number of halogens is 4. The number of carbonyl (C=O) groups excluding carboxylic acids is 1. The molecule has 0 radical (unpaired) electrons. The lowest BCUT2D eigenvalue weighted by Gasteiger charge is -2.38. The molecule has 8 aromatic rings. The number of ether oxygens (including phenoxy) is 2. The van der Waals surface area contributed by atoms with Crippen LogP contribution in [0, 0.1) is 0 Å². The lowest BCUT2D eigenvalue weighted by Crippen LogP contribution is -2.45. The largest absolute Gasteiger partial charge is 0.478 e. The van der Waals surface area contributed by atoms with Crippen molar-refractivity contribution in [3.05, 3.63) is 127 Å². The number of rotatable bonds is 17. The molecule has 2 saturated carbocycles. The molecule has 21 nitrogen and oxygen atoms in total. The maximum Gasteiger partial charge on any atom is 0.335 e. The SMILES string of the molecule is CN(C)S(=O)(=O)NC(=O)c1ccc2nc(N3C4CC[C@H]3CC(OCc3c(-c5c(Cl)cccc5Cl)noc3C3CC3)C4)sc2c1.CN(C)S(N)(=O)=O.O=C(O)c1ccc2nc(N3C4CC[C@H]3CC(OCc3c(-c5c(Cl)cccc5Cl)noc3C3CC3)C4)sc2c1. The number of aromatic carboxylic acids is 1. The Bertz CT molecular complexity index is 4160. The number of anilines is 2. The lowest BCUT2D eigenvalue weighted by molar-refractivity contribution is 0.0145. The Morgan fingerprint density at radius 3 is 1.36 bits per heavy atom. The number of carboxylic acid groups (broad SMARTS) is 1. The van der Waals surface area contributed by atoms with Gasteiger partial charge in [-0.2, -0.15) is 25.4 Å². The summed E-state index contributed by atoms with van der Waals surface area (Å²) in [4.78, 5) is 38.6. The molecule has 4 aromatic heterocycles. The summed E-state index contributed by atoms with van der Waals surface area (Å²) in [6.07, 6.45) is 12.4.